The van der Waals surface area contributed by atoms with Gasteiger partial charge in [0.15, 0.2) is 6.17 Å². The predicted octanol–water partition coefficient (Wildman–Crippen LogP) is 4.48. The molecule has 0 bridgehead atoms. The first kappa shape index (κ1) is 11.2. The maximum absolute atomic E-state index is 14.1. The van der Waals surface area contributed by atoms with Crippen LogP contribution < -0.4 is 0 Å². The summed E-state index contributed by atoms with van der Waals surface area (Å²) in [4.78, 5) is 0. The molecule has 0 saturated carbocycles. The molecule has 2 aromatic carbocycles. The molecule has 0 saturated heterocycles. The summed E-state index contributed by atoms with van der Waals surface area (Å²) in [6.07, 6.45) is -1.06. The second-order valence-electron chi connectivity index (χ2n) is 3.65. The third-order valence-electron chi connectivity index (χ3n) is 2.52. The summed E-state index contributed by atoms with van der Waals surface area (Å²) in [6.45, 7) is 0. The molecule has 1 unspecified atom stereocenters. The van der Waals surface area contributed by atoms with Crippen LogP contribution in [0.25, 0.3) is 0 Å². The highest BCUT2D eigenvalue weighted by molar-refractivity contribution is 6.17. The molecule has 0 spiro atoms. The summed E-state index contributed by atoms with van der Waals surface area (Å²) in [5.74, 6) is 0.461. The summed E-state index contributed by atoms with van der Waals surface area (Å²) in [7, 11) is 0. The van der Waals surface area contributed by atoms with Crippen molar-refractivity contribution < 1.29 is 4.39 Å². The number of rotatable bonds is 3. The Kier molecular flexibility index (Phi) is 3.58. The fourth-order valence-electron chi connectivity index (χ4n) is 1.59. The van der Waals surface area contributed by atoms with E-state index in [0.717, 1.165) is 5.56 Å². The molecular formula is C14H12ClF. The molecule has 0 N–H and O–H groups in total. The van der Waals surface area contributed by atoms with Gasteiger partial charge in [0.2, 0.25) is 0 Å². The first-order valence-corrected chi connectivity index (χ1v) is 5.68. The SMILES string of the molecule is FC(c1ccccc1)c1ccc(CCl)cc1. The van der Waals surface area contributed by atoms with Crippen molar-refractivity contribution >= 4 is 11.6 Å². The van der Waals surface area contributed by atoms with Crippen molar-refractivity contribution in [2.24, 2.45) is 0 Å². The lowest BCUT2D eigenvalue weighted by molar-refractivity contribution is 0.402. The molecule has 0 fully saturated rings. The Morgan fingerprint density at radius 3 is 2.00 bits per heavy atom. The van der Waals surface area contributed by atoms with Crippen LogP contribution in [0.2, 0.25) is 0 Å². The average molecular weight is 235 g/mol. The van der Waals surface area contributed by atoms with Gasteiger partial charge in [0.05, 0.1) is 0 Å². The summed E-state index contributed by atoms with van der Waals surface area (Å²) < 4.78 is 14.1. The normalized spacial score (nSPS) is 12.4. The highest BCUT2D eigenvalue weighted by Crippen LogP contribution is 2.26. The summed E-state index contributed by atoms with van der Waals surface area (Å²) in [5, 5.41) is 0. The maximum Gasteiger partial charge on any atom is 0.150 e. The van der Waals surface area contributed by atoms with E-state index in [0.29, 0.717) is 17.0 Å². The van der Waals surface area contributed by atoms with Crippen LogP contribution in [-0.2, 0) is 5.88 Å². The van der Waals surface area contributed by atoms with E-state index >= 15 is 0 Å². The zero-order chi connectivity index (χ0) is 11.4. The van der Waals surface area contributed by atoms with E-state index in [9.17, 15) is 4.39 Å². The van der Waals surface area contributed by atoms with Crippen LogP contribution in [0.15, 0.2) is 54.6 Å². The molecule has 0 amide bonds. The Hall–Kier alpha value is -1.34. The first-order chi connectivity index (χ1) is 7.81. The average Bonchev–Trinajstić information content (AvgIpc) is 2.39. The third-order valence-corrected chi connectivity index (χ3v) is 2.83. The fourth-order valence-corrected chi connectivity index (χ4v) is 1.77. The van der Waals surface area contributed by atoms with Gasteiger partial charge in [0.1, 0.15) is 0 Å². The van der Waals surface area contributed by atoms with E-state index in [1.165, 1.54) is 0 Å². The van der Waals surface area contributed by atoms with E-state index in [1.54, 1.807) is 24.3 Å². The van der Waals surface area contributed by atoms with Gasteiger partial charge in [0, 0.05) is 5.88 Å². The van der Waals surface area contributed by atoms with Crippen molar-refractivity contribution in [1.29, 1.82) is 0 Å². The van der Waals surface area contributed by atoms with Gasteiger partial charge in [-0.15, -0.1) is 11.6 Å². The lowest BCUT2D eigenvalue weighted by atomic mass is 10.0. The number of halogens is 2. The Bertz CT molecular complexity index is 436. The molecule has 0 aliphatic carbocycles. The Morgan fingerprint density at radius 2 is 1.44 bits per heavy atom. The highest BCUT2D eigenvalue weighted by Gasteiger charge is 2.11. The lowest BCUT2D eigenvalue weighted by Gasteiger charge is -2.09. The van der Waals surface area contributed by atoms with Gasteiger partial charge in [-0.2, -0.15) is 0 Å². The predicted molar refractivity (Wildman–Crippen MR) is 65.4 cm³/mol. The van der Waals surface area contributed by atoms with Crippen LogP contribution >= 0.6 is 11.6 Å². The molecule has 0 aromatic heterocycles. The van der Waals surface area contributed by atoms with Crippen LogP contribution in [-0.4, -0.2) is 0 Å². The van der Waals surface area contributed by atoms with Crippen molar-refractivity contribution in [1.82, 2.24) is 0 Å². The summed E-state index contributed by atoms with van der Waals surface area (Å²) in [6, 6.07) is 16.4. The number of hydrogen-bond donors (Lipinski definition) is 0. The van der Waals surface area contributed by atoms with Gasteiger partial charge in [-0.3, -0.25) is 0 Å². The lowest BCUT2D eigenvalue weighted by Crippen LogP contribution is -1.94. The van der Waals surface area contributed by atoms with Gasteiger partial charge in [-0.05, 0) is 16.7 Å². The molecule has 1 atom stereocenters. The van der Waals surface area contributed by atoms with Crippen LogP contribution in [0.3, 0.4) is 0 Å². The van der Waals surface area contributed by atoms with Gasteiger partial charge in [-0.1, -0.05) is 54.6 Å². The second-order valence-corrected chi connectivity index (χ2v) is 3.92. The third kappa shape index (κ3) is 2.42. The molecule has 0 aliphatic rings. The van der Waals surface area contributed by atoms with Crippen molar-refractivity contribution in [3.05, 3.63) is 71.3 Å². The van der Waals surface area contributed by atoms with Gasteiger partial charge < -0.3 is 0 Å². The highest BCUT2D eigenvalue weighted by atomic mass is 35.5. The van der Waals surface area contributed by atoms with E-state index in [4.69, 9.17) is 11.6 Å². The minimum atomic E-state index is -1.06. The summed E-state index contributed by atoms with van der Waals surface area (Å²) >= 11 is 5.68. The number of alkyl halides is 2. The zero-order valence-corrected chi connectivity index (χ0v) is 9.49. The fraction of sp³-hybridized carbons (Fsp3) is 0.143. The van der Waals surface area contributed by atoms with Crippen LogP contribution in [0.5, 0.6) is 0 Å². The van der Waals surface area contributed by atoms with Gasteiger partial charge >= 0.3 is 0 Å². The van der Waals surface area contributed by atoms with Crippen LogP contribution in [0.4, 0.5) is 4.39 Å². The van der Waals surface area contributed by atoms with Crippen molar-refractivity contribution in [2.75, 3.05) is 0 Å². The van der Waals surface area contributed by atoms with E-state index in [2.05, 4.69) is 0 Å². The molecule has 2 rings (SSSR count). The molecular weight excluding hydrogens is 223 g/mol. The minimum absolute atomic E-state index is 0.461. The van der Waals surface area contributed by atoms with Gasteiger partial charge in [-0.25, -0.2) is 4.39 Å². The van der Waals surface area contributed by atoms with Crippen LogP contribution in [0, 0.1) is 0 Å². The Balaban J connectivity index is 2.24. The molecule has 82 valence electrons. The maximum atomic E-state index is 14.1. The first-order valence-electron chi connectivity index (χ1n) is 5.15. The number of benzene rings is 2. The van der Waals surface area contributed by atoms with Gasteiger partial charge in [0.25, 0.3) is 0 Å². The minimum Gasteiger partial charge on any atom is -0.237 e. The standard InChI is InChI=1S/C14H12ClF/c15-10-11-6-8-13(9-7-11)14(16)12-4-2-1-3-5-12/h1-9,14H,10H2. The molecule has 2 heteroatoms. The molecule has 2 aromatic rings. The van der Waals surface area contributed by atoms with E-state index in [-0.39, 0.29) is 0 Å². The van der Waals surface area contributed by atoms with Crippen molar-refractivity contribution in [3.8, 4) is 0 Å². The largest absolute Gasteiger partial charge is 0.237 e. The van der Waals surface area contributed by atoms with Crippen LogP contribution in [0.1, 0.15) is 22.9 Å². The van der Waals surface area contributed by atoms with E-state index in [1.807, 2.05) is 30.3 Å². The molecule has 0 heterocycles. The van der Waals surface area contributed by atoms with Crippen molar-refractivity contribution in [2.45, 2.75) is 12.1 Å². The second kappa shape index (κ2) is 5.13. The molecule has 16 heavy (non-hydrogen) atoms. The Labute approximate surface area is 99.7 Å². The quantitative estimate of drug-likeness (QED) is 0.687. The topological polar surface area (TPSA) is 0 Å². The monoisotopic (exact) mass is 234 g/mol. The number of hydrogen-bond acceptors (Lipinski definition) is 0. The zero-order valence-electron chi connectivity index (χ0n) is 8.74. The molecule has 0 nitrogen and oxygen atoms in total. The Morgan fingerprint density at radius 1 is 0.875 bits per heavy atom. The molecule has 0 aliphatic heterocycles. The van der Waals surface area contributed by atoms with E-state index < -0.39 is 6.17 Å². The smallest absolute Gasteiger partial charge is 0.150 e. The van der Waals surface area contributed by atoms with Crippen molar-refractivity contribution in [3.63, 3.8) is 0 Å². The summed E-state index contributed by atoms with van der Waals surface area (Å²) in [5.41, 5.74) is 2.35. The molecule has 0 radical (unpaired) electrons.